The lowest BCUT2D eigenvalue weighted by Crippen LogP contribution is -2.28. The van der Waals surface area contributed by atoms with E-state index in [1.54, 1.807) is 48.3 Å². The molecule has 41 heavy (non-hydrogen) atoms. The molecule has 6 rings (SSSR count). The summed E-state index contributed by atoms with van der Waals surface area (Å²) < 4.78 is 8.23. The van der Waals surface area contributed by atoms with E-state index >= 15 is 0 Å². The minimum atomic E-state index is -0.511. The van der Waals surface area contributed by atoms with E-state index < -0.39 is 16.0 Å². The molecule has 0 N–H and O–H groups in total. The first-order valence-electron chi connectivity index (χ1n) is 12.4. The largest absolute Gasteiger partial charge is 0.497 e. The summed E-state index contributed by atoms with van der Waals surface area (Å²) in [6.07, 6.45) is 3.58. The van der Waals surface area contributed by atoms with E-state index in [2.05, 4.69) is 15.2 Å². The summed E-state index contributed by atoms with van der Waals surface area (Å²) in [4.78, 5) is 41.4. The third-order valence-corrected chi connectivity index (χ3v) is 7.32. The molecule has 3 aromatic heterocycles. The van der Waals surface area contributed by atoms with Crippen molar-refractivity contribution in [1.82, 2.24) is 24.4 Å². The summed E-state index contributed by atoms with van der Waals surface area (Å²) in [5.74, 6) is 0.687. The third-order valence-electron chi connectivity index (χ3n) is 6.36. The molecule has 11 nitrogen and oxygen atoms in total. The maximum atomic E-state index is 13.4. The van der Waals surface area contributed by atoms with Gasteiger partial charge in [-0.1, -0.05) is 53.8 Å². The van der Waals surface area contributed by atoms with Crippen molar-refractivity contribution in [3.8, 4) is 22.7 Å². The number of methoxy groups -OCH3 is 1. The molecule has 0 unspecified atom stereocenters. The highest BCUT2D eigenvalue weighted by atomic mass is 32.1. The van der Waals surface area contributed by atoms with E-state index in [-0.39, 0.29) is 27.3 Å². The predicted octanol–water partition coefficient (Wildman–Crippen LogP) is 3.42. The second-order valence-corrected chi connectivity index (χ2v) is 10.0. The Morgan fingerprint density at radius 1 is 1.00 bits per heavy atom. The Morgan fingerprint density at radius 2 is 1.78 bits per heavy atom. The number of fused-ring (bicyclic) bond motifs is 1. The van der Waals surface area contributed by atoms with Gasteiger partial charge in [-0.05, 0) is 35.9 Å². The Balaban J connectivity index is 1.47. The van der Waals surface area contributed by atoms with Gasteiger partial charge in [0.05, 0.1) is 22.3 Å². The van der Waals surface area contributed by atoms with Gasteiger partial charge >= 0.3 is 0 Å². The zero-order chi connectivity index (χ0) is 28.5. The fourth-order valence-corrected chi connectivity index (χ4v) is 5.22. The average molecular weight is 565 g/mol. The molecule has 0 radical (unpaired) electrons. The van der Waals surface area contributed by atoms with Crippen LogP contribution in [0.1, 0.15) is 16.8 Å². The van der Waals surface area contributed by atoms with E-state index in [4.69, 9.17) is 4.74 Å². The second-order valence-electron chi connectivity index (χ2n) is 9.02. The van der Waals surface area contributed by atoms with E-state index in [1.165, 1.54) is 12.1 Å². The van der Waals surface area contributed by atoms with Gasteiger partial charge in [0.15, 0.2) is 0 Å². The van der Waals surface area contributed by atoms with Crippen LogP contribution in [0.25, 0.3) is 28.0 Å². The van der Waals surface area contributed by atoms with Crippen molar-refractivity contribution in [3.63, 3.8) is 0 Å². The number of nitro groups is 1. The van der Waals surface area contributed by atoms with Crippen LogP contribution in [0.5, 0.6) is 5.75 Å². The van der Waals surface area contributed by atoms with Gasteiger partial charge < -0.3 is 4.74 Å². The van der Waals surface area contributed by atoms with Crippen LogP contribution in [0, 0.1) is 10.1 Å². The van der Waals surface area contributed by atoms with Gasteiger partial charge in [0, 0.05) is 35.9 Å². The van der Waals surface area contributed by atoms with Crippen LogP contribution in [-0.2, 0) is 6.42 Å². The van der Waals surface area contributed by atoms with Gasteiger partial charge in [0.2, 0.25) is 4.96 Å². The number of hydrogen-bond donors (Lipinski definition) is 0. The minimum absolute atomic E-state index is 0.0783. The summed E-state index contributed by atoms with van der Waals surface area (Å²) in [5, 5.41) is 20.4. The molecule has 0 bridgehead atoms. The maximum Gasteiger partial charge on any atom is 0.296 e. The maximum absolute atomic E-state index is 13.4. The molecule has 0 saturated heterocycles. The Labute approximate surface area is 235 Å². The van der Waals surface area contributed by atoms with Crippen molar-refractivity contribution in [1.29, 1.82) is 0 Å². The van der Waals surface area contributed by atoms with Crippen molar-refractivity contribution in [2.45, 2.75) is 6.42 Å². The van der Waals surface area contributed by atoms with Crippen molar-refractivity contribution >= 4 is 28.1 Å². The minimum Gasteiger partial charge on any atom is -0.497 e. The molecule has 3 aromatic carbocycles. The van der Waals surface area contributed by atoms with Gasteiger partial charge in [-0.15, -0.1) is 0 Å². The number of hydrogen-bond acceptors (Lipinski definition) is 9. The number of nitrogens with zero attached hydrogens (tertiary/aromatic N) is 6. The monoisotopic (exact) mass is 564 g/mol. The first kappa shape index (κ1) is 25.8. The van der Waals surface area contributed by atoms with Gasteiger partial charge in [-0.3, -0.25) is 19.7 Å². The van der Waals surface area contributed by atoms with Gasteiger partial charge in [0.25, 0.3) is 16.8 Å². The zero-order valence-corrected chi connectivity index (χ0v) is 22.3. The van der Waals surface area contributed by atoms with E-state index in [0.717, 1.165) is 27.1 Å². The Bertz CT molecular complexity index is 2090. The number of para-hydroxylation sites is 1. The molecular weight excluding hydrogens is 544 g/mol. The van der Waals surface area contributed by atoms with Crippen LogP contribution in [-0.4, -0.2) is 36.4 Å². The van der Waals surface area contributed by atoms with Crippen LogP contribution < -0.4 is 20.4 Å². The highest BCUT2D eigenvalue weighted by molar-refractivity contribution is 7.15. The first-order chi connectivity index (χ1) is 19.9. The summed E-state index contributed by atoms with van der Waals surface area (Å²) in [6, 6.07) is 22.7. The molecule has 0 aliphatic carbocycles. The predicted molar refractivity (Wildman–Crippen MR) is 154 cm³/mol. The quantitative estimate of drug-likeness (QED) is 0.213. The molecule has 3 heterocycles. The molecule has 6 aromatic rings. The van der Waals surface area contributed by atoms with Crippen molar-refractivity contribution in [2.75, 3.05) is 7.11 Å². The molecule has 0 spiro atoms. The van der Waals surface area contributed by atoms with Crippen molar-refractivity contribution in [3.05, 3.63) is 137 Å². The number of nitro benzene ring substituents is 1. The highest BCUT2D eigenvalue weighted by Gasteiger charge is 2.16. The number of ether oxygens (including phenoxy) is 1. The lowest BCUT2D eigenvalue weighted by Gasteiger charge is -2.02. The smallest absolute Gasteiger partial charge is 0.296 e. The van der Waals surface area contributed by atoms with Crippen LogP contribution in [0.2, 0.25) is 0 Å². The zero-order valence-electron chi connectivity index (χ0n) is 21.5. The number of rotatable bonds is 7. The second kappa shape index (κ2) is 10.6. The van der Waals surface area contributed by atoms with Crippen LogP contribution in [0.15, 0.2) is 94.6 Å². The molecular formula is C29H20N6O5S. The van der Waals surface area contributed by atoms with E-state index in [0.29, 0.717) is 22.6 Å². The molecule has 0 saturated carbocycles. The lowest BCUT2D eigenvalue weighted by molar-refractivity contribution is -0.384. The van der Waals surface area contributed by atoms with Gasteiger partial charge in [-0.2, -0.15) is 19.7 Å². The molecule has 202 valence electrons. The molecule has 0 atom stereocenters. The topological polar surface area (TPSA) is 135 Å². The molecule has 0 fully saturated rings. The van der Waals surface area contributed by atoms with E-state index in [1.807, 2.05) is 42.5 Å². The Morgan fingerprint density at radius 3 is 2.51 bits per heavy atom. The summed E-state index contributed by atoms with van der Waals surface area (Å²) >= 11 is 1.03. The number of thiazole rings is 1. The fourth-order valence-electron chi connectivity index (χ4n) is 4.33. The van der Waals surface area contributed by atoms with Crippen LogP contribution >= 0.6 is 11.3 Å². The fraction of sp³-hybridized carbons (Fsp3) is 0.0690. The molecule has 12 heteroatoms. The standard InChI is InChI=1S/C29H20N6O5S/c1-40-23-12-10-18(11-13-23)14-24-27(36)30-29-34(31-24)28(37)25(41-29)16-20-17-33(21-7-3-2-4-8-21)32-26(20)19-6-5-9-22(15-19)35(38)39/h2-13,15-17H,14H2,1H3/b25-16-. The lowest BCUT2D eigenvalue weighted by atomic mass is 10.1. The number of non-ortho nitro benzene ring substituents is 1. The summed E-state index contributed by atoms with van der Waals surface area (Å²) in [6.45, 7) is 0. The average Bonchev–Trinajstić information content (AvgIpc) is 3.55. The van der Waals surface area contributed by atoms with Crippen LogP contribution in [0.4, 0.5) is 5.69 Å². The van der Waals surface area contributed by atoms with Crippen molar-refractivity contribution in [2.24, 2.45) is 0 Å². The highest BCUT2D eigenvalue weighted by Crippen LogP contribution is 2.27. The third kappa shape index (κ3) is 5.11. The van der Waals surface area contributed by atoms with E-state index in [9.17, 15) is 19.7 Å². The normalized spacial score (nSPS) is 11.7. The molecule has 0 aliphatic heterocycles. The Hall–Kier alpha value is -5.49. The molecule has 0 aliphatic rings. The van der Waals surface area contributed by atoms with Crippen molar-refractivity contribution < 1.29 is 9.66 Å². The van der Waals surface area contributed by atoms with Gasteiger partial charge in [-0.25, -0.2) is 4.68 Å². The molecule has 0 amide bonds. The first-order valence-corrected chi connectivity index (χ1v) is 13.2. The SMILES string of the molecule is COc1ccc(Cc2nn3c(=O)/c(=C/c4cn(-c5ccccc5)nc4-c4cccc([N+](=O)[O-])c4)sc3nc2=O)cc1. The summed E-state index contributed by atoms with van der Waals surface area (Å²) in [7, 11) is 1.57. The van der Waals surface area contributed by atoms with Crippen LogP contribution in [0.3, 0.4) is 0 Å². The summed E-state index contributed by atoms with van der Waals surface area (Å²) in [5.41, 5.74) is 2.23. The Kier molecular flexibility index (Phi) is 6.65. The van der Waals surface area contributed by atoms with Gasteiger partial charge in [0.1, 0.15) is 17.1 Å². The number of benzene rings is 3. The number of aromatic nitrogens is 5.